The first kappa shape index (κ1) is 12.1. The lowest BCUT2D eigenvalue weighted by Crippen LogP contribution is -2.37. The van der Waals surface area contributed by atoms with Gasteiger partial charge < -0.3 is 4.74 Å². The third-order valence-electron chi connectivity index (χ3n) is 1.64. The van der Waals surface area contributed by atoms with Crippen molar-refractivity contribution in [3.63, 3.8) is 0 Å². The van der Waals surface area contributed by atoms with Crippen LogP contribution in [0.5, 0.6) is 0 Å². The molecule has 1 aliphatic heterocycles. The Hall–Kier alpha value is -0.990. The molecular formula is C7H10O7S. The van der Waals surface area contributed by atoms with E-state index in [9.17, 15) is 18.0 Å². The molecule has 0 N–H and O–H groups in total. The molecule has 86 valence electrons. The van der Waals surface area contributed by atoms with Crippen LogP contribution < -0.4 is 0 Å². The summed E-state index contributed by atoms with van der Waals surface area (Å²) < 4.78 is 34.8. The molecule has 0 spiro atoms. The first-order valence-corrected chi connectivity index (χ1v) is 5.49. The Bertz CT molecular complexity index is 371. The lowest BCUT2D eigenvalue weighted by Gasteiger charge is -2.09. The summed E-state index contributed by atoms with van der Waals surface area (Å²) in [6.45, 7) is 2.70. The van der Waals surface area contributed by atoms with Crippen molar-refractivity contribution in [1.82, 2.24) is 0 Å². The van der Waals surface area contributed by atoms with Crippen LogP contribution in [-0.4, -0.2) is 39.0 Å². The van der Waals surface area contributed by atoms with Crippen molar-refractivity contribution in [2.75, 3.05) is 6.61 Å². The van der Waals surface area contributed by atoms with E-state index >= 15 is 0 Å². The van der Waals surface area contributed by atoms with Gasteiger partial charge in [0.2, 0.25) is 6.10 Å². The average molecular weight is 238 g/mol. The lowest BCUT2D eigenvalue weighted by molar-refractivity contribution is -0.154. The Morgan fingerprint density at radius 2 is 1.80 bits per heavy atom. The number of Topliss-reactive ketones (excluding diaryl/α,β-unsaturated/α-hetero) is 1. The highest BCUT2D eigenvalue weighted by molar-refractivity contribution is 7.82. The second kappa shape index (κ2) is 4.25. The van der Waals surface area contributed by atoms with Gasteiger partial charge in [-0.25, -0.2) is 13.2 Å². The third-order valence-corrected chi connectivity index (χ3v) is 2.52. The highest BCUT2D eigenvalue weighted by atomic mass is 32.3. The molecule has 8 heteroatoms. The number of carbonyl (C=O) groups excluding carboxylic acids is 2. The molecule has 0 aromatic heterocycles. The number of esters is 1. The Balaban J connectivity index is 2.87. The Labute approximate surface area is 86.6 Å². The van der Waals surface area contributed by atoms with E-state index in [0.29, 0.717) is 0 Å². The van der Waals surface area contributed by atoms with Crippen molar-refractivity contribution < 1.29 is 31.1 Å². The van der Waals surface area contributed by atoms with Crippen molar-refractivity contribution in [3.05, 3.63) is 0 Å². The molecule has 15 heavy (non-hydrogen) atoms. The van der Waals surface area contributed by atoms with E-state index in [1.807, 2.05) is 0 Å². The summed E-state index contributed by atoms with van der Waals surface area (Å²) in [7, 11) is -4.27. The van der Waals surface area contributed by atoms with E-state index in [-0.39, 0.29) is 6.61 Å². The maximum absolute atomic E-state index is 11.2. The average Bonchev–Trinajstić information content (AvgIpc) is 2.42. The molecule has 1 heterocycles. The summed E-state index contributed by atoms with van der Waals surface area (Å²) >= 11 is 0. The highest BCUT2D eigenvalue weighted by Crippen LogP contribution is 2.22. The predicted molar refractivity (Wildman–Crippen MR) is 46.0 cm³/mol. The maximum Gasteiger partial charge on any atom is 0.401 e. The van der Waals surface area contributed by atoms with Crippen LogP contribution in [0.2, 0.25) is 0 Å². The number of ether oxygens (including phenoxy) is 1. The molecule has 0 radical (unpaired) electrons. The predicted octanol–water partition coefficient (Wildman–Crippen LogP) is -0.833. The third kappa shape index (κ3) is 2.74. The minimum Gasteiger partial charge on any atom is -0.464 e. The molecule has 0 aromatic rings. The molecule has 2 atom stereocenters. The minimum absolute atomic E-state index is 0.0589. The molecule has 1 rings (SSSR count). The minimum atomic E-state index is -4.27. The summed E-state index contributed by atoms with van der Waals surface area (Å²) in [5.41, 5.74) is 0. The van der Waals surface area contributed by atoms with Gasteiger partial charge in [0, 0.05) is 0 Å². The Kier molecular flexibility index (Phi) is 3.42. The lowest BCUT2D eigenvalue weighted by atomic mass is 10.1. The van der Waals surface area contributed by atoms with Gasteiger partial charge in [-0.1, -0.05) is 0 Å². The van der Waals surface area contributed by atoms with Crippen LogP contribution in [0.15, 0.2) is 0 Å². The molecule has 1 saturated heterocycles. The van der Waals surface area contributed by atoms with Gasteiger partial charge in [0.1, 0.15) is 0 Å². The summed E-state index contributed by atoms with van der Waals surface area (Å²) in [5.74, 6) is -1.55. The molecule has 0 aromatic carbocycles. The highest BCUT2D eigenvalue weighted by Gasteiger charge is 2.48. The van der Waals surface area contributed by atoms with E-state index in [0.717, 1.165) is 6.92 Å². The van der Waals surface area contributed by atoms with Gasteiger partial charge in [-0.2, -0.15) is 8.42 Å². The summed E-state index contributed by atoms with van der Waals surface area (Å²) in [5, 5.41) is 0. The summed E-state index contributed by atoms with van der Waals surface area (Å²) in [4.78, 5) is 22.2. The molecule has 0 amide bonds. The fraction of sp³-hybridized carbons (Fsp3) is 0.714. The van der Waals surface area contributed by atoms with Gasteiger partial charge in [0.15, 0.2) is 11.9 Å². The molecule has 7 nitrogen and oxygen atoms in total. The first-order chi connectivity index (χ1) is 6.87. The van der Waals surface area contributed by atoms with E-state index in [1.54, 1.807) is 6.92 Å². The van der Waals surface area contributed by atoms with Gasteiger partial charge in [-0.05, 0) is 13.8 Å². The van der Waals surface area contributed by atoms with Crippen LogP contribution in [0.25, 0.3) is 0 Å². The monoisotopic (exact) mass is 238 g/mol. The zero-order valence-electron chi connectivity index (χ0n) is 8.13. The van der Waals surface area contributed by atoms with Crippen molar-refractivity contribution in [2.45, 2.75) is 26.1 Å². The molecule has 1 fully saturated rings. The van der Waals surface area contributed by atoms with Crippen LogP contribution in [0.1, 0.15) is 13.8 Å². The number of hydrogen-bond acceptors (Lipinski definition) is 7. The fourth-order valence-electron chi connectivity index (χ4n) is 1.05. The van der Waals surface area contributed by atoms with Gasteiger partial charge >= 0.3 is 16.4 Å². The maximum atomic E-state index is 11.2. The van der Waals surface area contributed by atoms with E-state index in [1.165, 1.54) is 0 Å². The summed E-state index contributed by atoms with van der Waals surface area (Å²) in [6.07, 6.45) is -2.98. The normalized spacial score (nSPS) is 28.7. The van der Waals surface area contributed by atoms with Gasteiger partial charge in [0.25, 0.3) is 0 Å². The van der Waals surface area contributed by atoms with Crippen LogP contribution in [0.4, 0.5) is 0 Å². The number of rotatable bonds is 3. The smallest absolute Gasteiger partial charge is 0.401 e. The molecule has 0 aliphatic carbocycles. The van der Waals surface area contributed by atoms with Gasteiger partial charge in [-0.3, -0.25) is 4.79 Å². The molecule has 0 saturated carbocycles. The van der Waals surface area contributed by atoms with Crippen LogP contribution in [0.3, 0.4) is 0 Å². The largest absolute Gasteiger partial charge is 0.464 e. The number of hydrogen-bond donors (Lipinski definition) is 0. The van der Waals surface area contributed by atoms with Crippen molar-refractivity contribution in [1.29, 1.82) is 0 Å². The second-order valence-electron chi connectivity index (χ2n) is 2.80. The van der Waals surface area contributed by atoms with Crippen LogP contribution >= 0.6 is 0 Å². The zero-order chi connectivity index (χ0) is 11.6. The van der Waals surface area contributed by atoms with Crippen LogP contribution in [0, 0.1) is 0 Å². The van der Waals surface area contributed by atoms with Gasteiger partial charge in [0.05, 0.1) is 6.61 Å². The van der Waals surface area contributed by atoms with E-state index in [4.69, 9.17) is 0 Å². The van der Waals surface area contributed by atoms with Crippen molar-refractivity contribution >= 4 is 22.2 Å². The topological polar surface area (TPSA) is 96.0 Å². The standard InChI is InChI=1S/C7H10O7S/c1-3-12-7(9)6-5(4(2)8)13-15(10,11)14-6/h5-6H,3H2,1-2H3. The number of carbonyl (C=O) groups is 2. The Morgan fingerprint density at radius 3 is 2.27 bits per heavy atom. The number of ketones is 1. The van der Waals surface area contributed by atoms with Crippen molar-refractivity contribution in [2.24, 2.45) is 0 Å². The van der Waals surface area contributed by atoms with Gasteiger partial charge in [-0.15, -0.1) is 0 Å². The first-order valence-electron chi connectivity index (χ1n) is 4.16. The summed E-state index contributed by atoms with van der Waals surface area (Å²) in [6, 6.07) is 0. The SMILES string of the molecule is CCOC(=O)C1OS(=O)(=O)OC1C(C)=O. The molecular weight excluding hydrogens is 228 g/mol. The molecule has 0 bridgehead atoms. The Morgan fingerprint density at radius 1 is 1.27 bits per heavy atom. The van der Waals surface area contributed by atoms with E-state index < -0.39 is 34.4 Å². The second-order valence-corrected chi connectivity index (χ2v) is 4.01. The van der Waals surface area contributed by atoms with Crippen LogP contribution in [-0.2, 0) is 33.1 Å². The molecule has 1 aliphatic rings. The quantitative estimate of drug-likeness (QED) is 0.592. The zero-order valence-corrected chi connectivity index (χ0v) is 8.94. The molecule has 2 unspecified atom stereocenters. The van der Waals surface area contributed by atoms with E-state index in [2.05, 4.69) is 13.1 Å². The fourth-order valence-corrected chi connectivity index (χ4v) is 2.01. The van der Waals surface area contributed by atoms with Crippen molar-refractivity contribution in [3.8, 4) is 0 Å².